The third kappa shape index (κ3) is 5.31. The van der Waals surface area contributed by atoms with Crippen LogP contribution in [-0.4, -0.2) is 44.2 Å². The van der Waals surface area contributed by atoms with E-state index < -0.39 is 0 Å². The number of nitrogens with zero attached hydrogens (tertiary/aromatic N) is 3. The molecule has 0 saturated heterocycles. The lowest BCUT2D eigenvalue weighted by molar-refractivity contribution is -0.118. The molecule has 0 radical (unpaired) electrons. The van der Waals surface area contributed by atoms with E-state index in [4.69, 9.17) is 17.4 Å². The second-order valence-electron chi connectivity index (χ2n) is 6.64. The number of thiophene rings is 1. The molecule has 1 aliphatic rings. The molecule has 0 aromatic carbocycles. The van der Waals surface area contributed by atoms with E-state index in [1.807, 2.05) is 5.43 Å². The maximum atomic E-state index is 11.9. The summed E-state index contributed by atoms with van der Waals surface area (Å²) >= 11 is 8.34. The van der Waals surface area contributed by atoms with Crippen molar-refractivity contribution in [1.82, 2.24) is 20.3 Å². The summed E-state index contributed by atoms with van der Waals surface area (Å²) in [5, 5.41) is 12.3. The standard InChI is InChI=1S/C17H22ClN7O3S2/c1-9(26)24-25-13(22-23-17(25)29-8-15(28)21-19)6-11-10-4-2-3-5-12(10)30-16(11)20-14(27)7-18/h2-8,19H2,1H3,(H,20,27)(H,21,28)(H,24,26). The molecular weight excluding hydrogens is 450 g/mol. The molecule has 1 aliphatic carbocycles. The van der Waals surface area contributed by atoms with Crippen molar-refractivity contribution in [2.45, 2.75) is 44.2 Å². The molecule has 3 amide bonds. The quantitative estimate of drug-likeness (QED) is 0.149. The topological polar surface area (TPSA) is 144 Å². The number of carbonyl (C=O) groups is 3. The number of nitrogens with two attached hydrogens (primary N) is 1. The second-order valence-corrected chi connectivity index (χ2v) is 8.95. The number of carbonyl (C=O) groups excluding carboxylic acids is 3. The maximum Gasteiger partial charge on any atom is 0.244 e. The smallest absolute Gasteiger partial charge is 0.244 e. The molecule has 0 aliphatic heterocycles. The molecule has 0 spiro atoms. The van der Waals surface area contributed by atoms with Gasteiger partial charge in [0.25, 0.3) is 0 Å². The van der Waals surface area contributed by atoms with Gasteiger partial charge < -0.3 is 5.32 Å². The number of rotatable bonds is 8. The van der Waals surface area contributed by atoms with Crippen LogP contribution in [0.15, 0.2) is 5.16 Å². The highest BCUT2D eigenvalue weighted by molar-refractivity contribution is 7.99. The Labute approximate surface area is 186 Å². The summed E-state index contributed by atoms with van der Waals surface area (Å²) in [6, 6.07) is 0. The Kier molecular flexibility index (Phi) is 7.69. The molecule has 0 saturated carbocycles. The monoisotopic (exact) mass is 471 g/mol. The molecule has 2 aromatic heterocycles. The van der Waals surface area contributed by atoms with Crippen LogP contribution in [0.25, 0.3) is 0 Å². The third-order valence-corrected chi connectivity index (χ3v) is 6.87. The van der Waals surface area contributed by atoms with Crippen LogP contribution in [0, 0.1) is 0 Å². The first-order valence-corrected chi connectivity index (χ1v) is 11.6. The average molecular weight is 472 g/mol. The molecule has 2 aromatic rings. The Morgan fingerprint density at radius 2 is 2.00 bits per heavy atom. The van der Waals surface area contributed by atoms with Crippen molar-refractivity contribution in [2.75, 3.05) is 22.4 Å². The van der Waals surface area contributed by atoms with Crippen LogP contribution >= 0.6 is 34.7 Å². The largest absolute Gasteiger partial charge is 0.316 e. The van der Waals surface area contributed by atoms with Crippen molar-refractivity contribution in [3.8, 4) is 0 Å². The number of nitrogens with one attached hydrogen (secondary N) is 3. The van der Waals surface area contributed by atoms with Crippen molar-refractivity contribution < 1.29 is 14.4 Å². The zero-order valence-corrected chi connectivity index (χ0v) is 18.7. The number of hydrogen-bond donors (Lipinski definition) is 4. The molecule has 0 unspecified atom stereocenters. The lowest BCUT2D eigenvalue weighted by atomic mass is 9.94. The maximum absolute atomic E-state index is 11.9. The summed E-state index contributed by atoms with van der Waals surface area (Å²) in [7, 11) is 0. The van der Waals surface area contributed by atoms with Gasteiger partial charge in [-0.1, -0.05) is 11.8 Å². The van der Waals surface area contributed by atoms with E-state index in [0.29, 0.717) is 17.4 Å². The highest BCUT2D eigenvalue weighted by atomic mass is 35.5. The number of anilines is 1. The predicted octanol–water partition coefficient (Wildman–Crippen LogP) is 1.16. The molecule has 10 nitrogen and oxygen atoms in total. The number of fused-ring (bicyclic) bond motifs is 1. The van der Waals surface area contributed by atoms with Gasteiger partial charge in [0.05, 0.1) is 10.8 Å². The van der Waals surface area contributed by atoms with E-state index >= 15 is 0 Å². The van der Waals surface area contributed by atoms with Gasteiger partial charge in [0.15, 0.2) is 5.82 Å². The van der Waals surface area contributed by atoms with Gasteiger partial charge in [0.1, 0.15) is 5.88 Å². The summed E-state index contributed by atoms with van der Waals surface area (Å²) in [5.41, 5.74) is 6.92. The highest BCUT2D eigenvalue weighted by Crippen LogP contribution is 2.39. The lowest BCUT2D eigenvalue weighted by Crippen LogP contribution is -2.31. The van der Waals surface area contributed by atoms with Crippen molar-refractivity contribution in [3.05, 3.63) is 21.8 Å². The highest BCUT2D eigenvalue weighted by Gasteiger charge is 2.24. The van der Waals surface area contributed by atoms with Gasteiger partial charge in [-0.05, 0) is 36.8 Å². The first-order valence-electron chi connectivity index (χ1n) is 9.26. The van der Waals surface area contributed by atoms with Gasteiger partial charge in [-0.2, -0.15) is 0 Å². The molecule has 0 atom stereocenters. The van der Waals surface area contributed by atoms with Gasteiger partial charge in [0, 0.05) is 18.2 Å². The van der Waals surface area contributed by atoms with Crippen LogP contribution in [0.3, 0.4) is 0 Å². The number of aryl methyl sites for hydroxylation is 1. The van der Waals surface area contributed by atoms with Crippen LogP contribution in [0.1, 0.15) is 41.6 Å². The van der Waals surface area contributed by atoms with Gasteiger partial charge in [-0.25, -0.2) is 10.5 Å². The van der Waals surface area contributed by atoms with Crippen molar-refractivity contribution >= 4 is 57.4 Å². The Hall–Kier alpha value is -2.15. The second kappa shape index (κ2) is 10.2. The van der Waals surface area contributed by atoms with Gasteiger partial charge in [-0.3, -0.25) is 25.2 Å². The van der Waals surface area contributed by atoms with Crippen molar-refractivity contribution in [3.63, 3.8) is 0 Å². The minimum absolute atomic E-state index is 0.0269. The Morgan fingerprint density at radius 3 is 2.70 bits per heavy atom. The molecule has 5 N–H and O–H groups in total. The summed E-state index contributed by atoms with van der Waals surface area (Å²) in [6.07, 6.45) is 4.44. The van der Waals surface area contributed by atoms with Crippen molar-refractivity contribution in [1.29, 1.82) is 0 Å². The zero-order valence-electron chi connectivity index (χ0n) is 16.3. The molecule has 0 fully saturated rings. The lowest BCUT2D eigenvalue weighted by Gasteiger charge is -2.14. The van der Waals surface area contributed by atoms with Crippen molar-refractivity contribution in [2.24, 2.45) is 5.84 Å². The van der Waals surface area contributed by atoms with Gasteiger partial charge in [-0.15, -0.1) is 33.1 Å². The Bertz CT molecular complexity index is 960. The fraction of sp³-hybridized carbons (Fsp3) is 0.471. The first kappa shape index (κ1) is 22.5. The number of hydrogen-bond acceptors (Lipinski definition) is 8. The number of hydrazine groups is 1. The van der Waals surface area contributed by atoms with E-state index in [1.165, 1.54) is 22.0 Å². The van der Waals surface area contributed by atoms with E-state index in [1.54, 1.807) is 11.3 Å². The first-order chi connectivity index (χ1) is 14.4. The van der Waals surface area contributed by atoms with Crippen LogP contribution in [-0.2, 0) is 33.6 Å². The summed E-state index contributed by atoms with van der Waals surface area (Å²) in [5.74, 6) is 4.55. The molecular formula is C17H22ClN7O3S2. The fourth-order valence-corrected chi connectivity index (χ4v) is 5.30. The number of alkyl halides is 1. The average Bonchev–Trinajstić information content (AvgIpc) is 3.27. The molecule has 13 heteroatoms. The normalized spacial score (nSPS) is 12.9. The van der Waals surface area contributed by atoms with E-state index in [-0.39, 0.29) is 29.4 Å². The minimum Gasteiger partial charge on any atom is -0.316 e. The summed E-state index contributed by atoms with van der Waals surface area (Å²) in [4.78, 5) is 36.4. The number of halogens is 1. The van der Waals surface area contributed by atoms with Crippen LogP contribution in [0.2, 0.25) is 0 Å². The SMILES string of the molecule is CC(=O)Nn1c(Cc2c(NC(=O)CCl)sc3c2CCCC3)nnc1SCC(=O)NN. The zero-order chi connectivity index (χ0) is 21.7. The third-order valence-electron chi connectivity index (χ3n) is 4.45. The number of thioether (sulfide) groups is 1. The van der Waals surface area contributed by atoms with Gasteiger partial charge in [0.2, 0.25) is 22.9 Å². The van der Waals surface area contributed by atoms with Crippen LogP contribution in [0.4, 0.5) is 5.00 Å². The molecule has 30 heavy (non-hydrogen) atoms. The predicted molar refractivity (Wildman–Crippen MR) is 116 cm³/mol. The molecule has 3 rings (SSSR count). The minimum atomic E-state index is -0.378. The number of amides is 3. The Balaban J connectivity index is 1.94. The van der Waals surface area contributed by atoms with Crippen LogP contribution < -0.4 is 22.0 Å². The van der Waals surface area contributed by atoms with E-state index in [9.17, 15) is 14.4 Å². The summed E-state index contributed by atoms with van der Waals surface area (Å²) in [6.45, 7) is 1.38. The van der Waals surface area contributed by atoms with Crippen LogP contribution in [0.5, 0.6) is 0 Å². The number of aromatic nitrogens is 3. The fourth-order valence-electron chi connectivity index (χ4n) is 3.19. The molecule has 162 valence electrons. The summed E-state index contributed by atoms with van der Waals surface area (Å²) < 4.78 is 1.47. The van der Waals surface area contributed by atoms with E-state index in [2.05, 4.69) is 20.9 Å². The molecule has 2 heterocycles. The Morgan fingerprint density at radius 1 is 1.23 bits per heavy atom. The van der Waals surface area contributed by atoms with E-state index in [0.717, 1.165) is 48.0 Å². The molecule has 0 bridgehead atoms. The van der Waals surface area contributed by atoms with Gasteiger partial charge >= 0.3 is 0 Å².